The smallest absolute Gasteiger partial charge is 0.283 e. The van der Waals surface area contributed by atoms with Crippen LogP contribution in [0.1, 0.15) is 69.2 Å². The standard InChI is InChI=1S/C30H32F2N6O/c1-6-8-19(3)9-12-22-13-11-21(16-33-22)26-34-25-27(37(26)17-20-10-14-23(31)24(32)15-20)38-18-30(4,5)35-29(38)36(7-2)28(25)39/h10-11,13-16,19H,6-8,17-18H2,1-5H3. The highest BCUT2D eigenvalue weighted by Gasteiger charge is 2.45. The highest BCUT2D eigenvalue weighted by molar-refractivity contribution is 6.18. The lowest BCUT2D eigenvalue weighted by molar-refractivity contribution is 0.0841. The predicted octanol–water partition coefficient (Wildman–Crippen LogP) is 5.49. The number of aliphatic imine (C=N–C) groups is 1. The Balaban J connectivity index is 1.63. The van der Waals surface area contributed by atoms with Gasteiger partial charge >= 0.3 is 0 Å². The third-order valence-corrected chi connectivity index (χ3v) is 6.91. The molecule has 1 unspecified atom stereocenters. The molecular formula is C30H32F2N6O. The second kappa shape index (κ2) is 10.3. The number of nitrogens with zero attached hydrogens (tertiary/aromatic N) is 6. The average Bonchev–Trinajstić information content (AvgIpc) is 3.43. The molecule has 0 radical (unpaired) electrons. The Morgan fingerprint density at radius 3 is 2.59 bits per heavy atom. The van der Waals surface area contributed by atoms with Crippen molar-refractivity contribution in [3.8, 4) is 23.2 Å². The summed E-state index contributed by atoms with van der Waals surface area (Å²) in [6.07, 6.45) is 3.79. The lowest BCUT2D eigenvalue weighted by atomic mass is 10.1. The Kier molecular flexibility index (Phi) is 6.98. The third kappa shape index (κ3) is 5.03. The first-order chi connectivity index (χ1) is 18.6. The molecule has 0 spiro atoms. The van der Waals surface area contributed by atoms with E-state index in [1.807, 2.05) is 42.4 Å². The number of carbonyl (C=O) groups excluding carboxylic acids is 1. The van der Waals surface area contributed by atoms with Gasteiger partial charge in [0.1, 0.15) is 17.3 Å². The number of pyridine rings is 1. The van der Waals surface area contributed by atoms with Crippen molar-refractivity contribution in [2.75, 3.05) is 18.0 Å². The first kappa shape index (κ1) is 26.5. The zero-order valence-electron chi connectivity index (χ0n) is 22.9. The zero-order valence-corrected chi connectivity index (χ0v) is 22.9. The molecular weight excluding hydrogens is 498 g/mol. The van der Waals surface area contributed by atoms with E-state index in [9.17, 15) is 13.6 Å². The number of halogens is 2. The Labute approximate surface area is 227 Å². The number of fused-ring (bicyclic) bond motifs is 3. The van der Waals surface area contributed by atoms with Crippen molar-refractivity contribution in [2.24, 2.45) is 10.9 Å². The van der Waals surface area contributed by atoms with Crippen molar-refractivity contribution >= 4 is 17.7 Å². The molecule has 0 aliphatic carbocycles. The summed E-state index contributed by atoms with van der Waals surface area (Å²) in [5.74, 6) is 6.23. The zero-order chi connectivity index (χ0) is 27.9. The predicted molar refractivity (Wildman–Crippen MR) is 147 cm³/mol. The van der Waals surface area contributed by atoms with Gasteiger partial charge in [-0.05, 0) is 62.9 Å². The van der Waals surface area contributed by atoms with Crippen LogP contribution in [-0.4, -0.2) is 49.9 Å². The molecule has 9 heteroatoms. The minimum Gasteiger partial charge on any atom is -0.305 e. The van der Waals surface area contributed by atoms with E-state index in [0.717, 1.165) is 18.9 Å². The molecule has 2 aromatic heterocycles. The fraction of sp³-hybridized carbons (Fsp3) is 0.400. The largest absolute Gasteiger partial charge is 0.305 e. The first-order valence-electron chi connectivity index (χ1n) is 13.3. The van der Waals surface area contributed by atoms with Gasteiger partial charge in [0.05, 0.1) is 18.6 Å². The molecule has 1 atom stereocenters. The number of amides is 1. The number of imidazole rings is 1. The van der Waals surface area contributed by atoms with Gasteiger partial charge in [-0.15, -0.1) is 0 Å². The molecule has 0 saturated carbocycles. The van der Waals surface area contributed by atoms with Crippen LogP contribution in [0.25, 0.3) is 11.4 Å². The molecule has 2 aliphatic rings. The summed E-state index contributed by atoms with van der Waals surface area (Å²) >= 11 is 0. The van der Waals surface area contributed by atoms with Gasteiger partial charge in [0, 0.05) is 24.2 Å². The number of benzene rings is 1. The van der Waals surface area contributed by atoms with E-state index in [1.165, 1.54) is 12.1 Å². The summed E-state index contributed by atoms with van der Waals surface area (Å²) in [6, 6.07) is 7.53. The molecule has 0 bridgehead atoms. The quantitative estimate of drug-likeness (QED) is 0.396. The molecule has 4 heterocycles. The van der Waals surface area contributed by atoms with E-state index in [2.05, 4.69) is 30.7 Å². The minimum absolute atomic E-state index is 0.175. The molecule has 0 fully saturated rings. The summed E-state index contributed by atoms with van der Waals surface area (Å²) in [5, 5.41) is 0. The number of guanidine groups is 1. The summed E-state index contributed by atoms with van der Waals surface area (Å²) in [6.45, 7) is 11.3. The van der Waals surface area contributed by atoms with Crippen LogP contribution in [0.2, 0.25) is 0 Å². The van der Waals surface area contributed by atoms with Gasteiger partial charge in [-0.25, -0.2) is 23.7 Å². The molecule has 2 aliphatic heterocycles. The van der Waals surface area contributed by atoms with Crippen molar-refractivity contribution in [1.29, 1.82) is 0 Å². The Bertz CT molecular complexity index is 1510. The molecule has 1 aromatic carbocycles. The first-order valence-corrected chi connectivity index (χ1v) is 13.3. The molecule has 202 valence electrons. The maximum absolute atomic E-state index is 14.2. The van der Waals surface area contributed by atoms with E-state index in [4.69, 9.17) is 9.98 Å². The Hall–Kier alpha value is -4.06. The SMILES string of the molecule is CCCC(C)C#Cc1ccc(-c2nc3c(n2Cc2ccc(F)c(F)c2)N2CC(C)(C)N=C2N(CC)C3=O)cn1. The molecule has 3 aromatic rings. The summed E-state index contributed by atoms with van der Waals surface area (Å²) < 4.78 is 29.7. The monoisotopic (exact) mass is 530 g/mol. The van der Waals surface area contributed by atoms with Gasteiger partial charge in [-0.2, -0.15) is 0 Å². The van der Waals surface area contributed by atoms with Crippen LogP contribution in [0.4, 0.5) is 14.6 Å². The van der Waals surface area contributed by atoms with Gasteiger partial charge < -0.3 is 4.57 Å². The van der Waals surface area contributed by atoms with Crippen molar-refractivity contribution in [2.45, 2.75) is 59.5 Å². The van der Waals surface area contributed by atoms with E-state index in [0.29, 0.717) is 53.2 Å². The molecule has 39 heavy (non-hydrogen) atoms. The van der Waals surface area contributed by atoms with Crippen molar-refractivity contribution < 1.29 is 13.6 Å². The van der Waals surface area contributed by atoms with Gasteiger partial charge in [0.2, 0.25) is 5.96 Å². The fourth-order valence-electron chi connectivity index (χ4n) is 5.06. The number of hydrogen-bond donors (Lipinski definition) is 0. The maximum atomic E-state index is 14.2. The number of carbonyl (C=O) groups is 1. The van der Waals surface area contributed by atoms with E-state index in [1.54, 1.807) is 11.1 Å². The second-order valence-corrected chi connectivity index (χ2v) is 10.7. The summed E-state index contributed by atoms with van der Waals surface area (Å²) in [4.78, 5) is 31.4. The average molecular weight is 531 g/mol. The highest BCUT2D eigenvalue weighted by Crippen LogP contribution is 2.38. The molecule has 0 N–H and O–H groups in total. The van der Waals surface area contributed by atoms with Crippen LogP contribution in [0.15, 0.2) is 41.5 Å². The van der Waals surface area contributed by atoms with Gasteiger partial charge in [-0.1, -0.05) is 32.3 Å². The lowest BCUT2D eigenvalue weighted by Gasteiger charge is -2.34. The Morgan fingerprint density at radius 2 is 1.92 bits per heavy atom. The highest BCUT2D eigenvalue weighted by atomic mass is 19.2. The van der Waals surface area contributed by atoms with Crippen LogP contribution in [-0.2, 0) is 6.54 Å². The van der Waals surface area contributed by atoms with Crippen LogP contribution >= 0.6 is 0 Å². The number of hydrogen-bond acceptors (Lipinski definition) is 5. The number of aromatic nitrogens is 3. The lowest BCUT2D eigenvalue weighted by Crippen LogP contribution is -2.51. The van der Waals surface area contributed by atoms with Crippen LogP contribution in [0.5, 0.6) is 0 Å². The molecule has 7 nitrogen and oxygen atoms in total. The molecule has 1 amide bonds. The van der Waals surface area contributed by atoms with Crippen LogP contribution < -0.4 is 4.90 Å². The normalized spacial score (nSPS) is 16.4. The van der Waals surface area contributed by atoms with E-state index in [-0.39, 0.29) is 18.4 Å². The van der Waals surface area contributed by atoms with Gasteiger partial charge in [-0.3, -0.25) is 14.6 Å². The second-order valence-electron chi connectivity index (χ2n) is 10.7. The maximum Gasteiger partial charge on any atom is 0.283 e. The van der Waals surface area contributed by atoms with Crippen molar-refractivity contribution in [1.82, 2.24) is 19.4 Å². The van der Waals surface area contributed by atoms with Gasteiger partial charge in [0.25, 0.3) is 5.91 Å². The Morgan fingerprint density at radius 1 is 1.13 bits per heavy atom. The third-order valence-electron chi connectivity index (χ3n) is 6.91. The summed E-state index contributed by atoms with van der Waals surface area (Å²) in [5.41, 5.74) is 1.75. The number of anilines is 1. The molecule has 0 saturated heterocycles. The van der Waals surface area contributed by atoms with E-state index < -0.39 is 17.2 Å². The van der Waals surface area contributed by atoms with Gasteiger partial charge in [0.15, 0.2) is 17.3 Å². The van der Waals surface area contributed by atoms with Crippen LogP contribution in [0, 0.1) is 29.4 Å². The minimum atomic E-state index is -0.928. The number of rotatable bonds is 6. The fourth-order valence-corrected chi connectivity index (χ4v) is 5.06. The summed E-state index contributed by atoms with van der Waals surface area (Å²) in [7, 11) is 0. The topological polar surface area (TPSA) is 66.6 Å². The van der Waals surface area contributed by atoms with Crippen molar-refractivity contribution in [3.63, 3.8) is 0 Å². The molecule has 5 rings (SSSR count). The van der Waals surface area contributed by atoms with E-state index >= 15 is 0 Å². The van der Waals surface area contributed by atoms with Crippen molar-refractivity contribution in [3.05, 3.63) is 65.1 Å². The van der Waals surface area contributed by atoms with Crippen LogP contribution in [0.3, 0.4) is 0 Å².